The lowest BCUT2D eigenvalue weighted by molar-refractivity contribution is 0.0831. The molecule has 0 aliphatic rings. The summed E-state index contributed by atoms with van der Waals surface area (Å²) in [4.78, 5) is 25.0. The predicted octanol–water partition coefficient (Wildman–Crippen LogP) is 3.62. The number of rotatable bonds is 6. The van der Waals surface area contributed by atoms with Gasteiger partial charge >= 0.3 is 5.91 Å². The van der Waals surface area contributed by atoms with E-state index in [9.17, 15) is 9.59 Å². The molecule has 0 bridgehead atoms. The second kappa shape index (κ2) is 8.77. The minimum atomic E-state index is -0.567. The van der Waals surface area contributed by atoms with Gasteiger partial charge in [0.25, 0.3) is 5.91 Å². The Bertz CT molecular complexity index is 1090. The van der Waals surface area contributed by atoms with Crippen molar-refractivity contribution in [2.24, 2.45) is 0 Å². The number of hydrazine groups is 1. The second-order valence-corrected chi connectivity index (χ2v) is 6.86. The Labute approximate surface area is 174 Å². The monoisotopic (exact) mass is 412 g/mol. The predicted molar refractivity (Wildman–Crippen MR) is 111 cm³/mol. The Hall–Kier alpha value is -3.68. The molecular formula is C22H24N2O6. The van der Waals surface area contributed by atoms with Crippen LogP contribution in [0.1, 0.15) is 40.3 Å². The summed E-state index contributed by atoms with van der Waals surface area (Å²) >= 11 is 0. The lowest BCUT2D eigenvalue weighted by Crippen LogP contribution is -2.41. The summed E-state index contributed by atoms with van der Waals surface area (Å²) in [5.41, 5.74) is 6.26. The Kier molecular flexibility index (Phi) is 6.15. The number of aryl methyl sites for hydroxylation is 1. The van der Waals surface area contributed by atoms with Crippen LogP contribution >= 0.6 is 0 Å². The number of carbonyl (C=O) groups is 2. The van der Waals surface area contributed by atoms with Crippen LogP contribution in [-0.2, 0) is 0 Å². The summed E-state index contributed by atoms with van der Waals surface area (Å²) in [5.74, 6) is 0.643. The first-order valence-corrected chi connectivity index (χ1v) is 9.36. The fourth-order valence-electron chi connectivity index (χ4n) is 2.95. The van der Waals surface area contributed by atoms with E-state index in [0.29, 0.717) is 34.0 Å². The molecule has 0 saturated heterocycles. The number of methoxy groups -OCH3 is 2. The van der Waals surface area contributed by atoms with Gasteiger partial charge in [0.2, 0.25) is 0 Å². The molecule has 0 aliphatic heterocycles. The summed E-state index contributed by atoms with van der Waals surface area (Å²) < 4.78 is 21.8. The molecule has 0 fully saturated rings. The van der Waals surface area contributed by atoms with E-state index in [-0.39, 0.29) is 11.9 Å². The maximum atomic E-state index is 12.5. The van der Waals surface area contributed by atoms with Crippen LogP contribution in [0.2, 0.25) is 0 Å². The average molecular weight is 412 g/mol. The van der Waals surface area contributed by atoms with E-state index in [1.165, 1.54) is 13.2 Å². The molecule has 1 aromatic heterocycles. The van der Waals surface area contributed by atoms with Gasteiger partial charge in [0.1, 0.15) is 11.3 Å². The smallest absolute Gasteiger partial charge is 0.305 e. The molecule has 2 aromatic carbocycles. The van der Waals surface area contributed by atoms with Gasteiger partial charge in [-0.15, -0.1) is 0 Å². The van der Waals surface area contributed by atoms with Crippen LogP contribution < -0.4 is 25.1 Å². The van der Waals surface area contributed by atoms with Crippen LogP contribution in [0.3, 0.4) is 0 Å². The summed E-state index contributed by atoms with van der Waals surface area (Å²) in [6.45, 7) is 5.55. The molecule has 0 aliphatic carbocycles. The Balaban J connectivity index is 1.72. The third-order valence-electron chi connectivity index (χ3n) is 4.43. The molecule has 1 heterocycles. The van der Waals surface area contributed by atoms with Crippen LogP contribution in [0.25, 0.3) is 11.0 Å². The van der Waals surface area contributed by atoms with Crippen molar-refractivity contribution in [3.63, 3.8) is 0 Å². The van der Waals surface area contributed by atoms with Crippen molar-refractivity contribution in [3.8, 4) is 17.2 Å². The number of amides is 2. The first-order chi connectivity index (χ1) is 14.3. The highest BCUT2D eigenvalue weighted by atomic mass is 16.5. The van der Waals surface area contributed by atoms with E-state index in [1.54, 1.807) is 44.4 Å². The SMILES string of the molecule is COc1ccc2oc(C(=O)NNC(=O)c3ccc(OC(C)C)c(OC)c3)c(C)c2c1. The Morgan fingerprint density at radius 3 is 2.33 bits per heavy atom. The maximum absolute atomic E-state index is 12.5. The van der Waals surface area contributed by atoms with E-state index >= 15 is 0 Å². The zero-order chi connectivity index (χ0) is 21.8. The topological polar surface area (TPSA) is 99.0 Å². The number of hydrogen-bond donors (Lipinski definition) is 2. The zero-order valence-electron chi connectivity index (χ0n) is 17.5. The quantitative estimate of drug-likeness (QED) is 0.600. The van der Waals surface area contributed by atoms with E-state index in [4.69, 9.17) is 18.6 Å². The molecule has 3 rings (SSSR count). The van der Waals surface area contributed by atoms with Gasteiger partial charge in [0.15, 0.2) is 17.3 Å². The largest absolute Gasteiger partial charge is 0.497 e. The van der Waals surface area contributed by atoms with Crippen LogP contribution in [-0.4, -0.2) is 32.1 Å². The molecule has 0 radical (unpaired) electrons. The molecule has 30 heavy (non-hydrogen) atoms. The Morgan fingerprint density at radius 2 is 1.67 bits per heavy atom. The van der Waals surface area contributed by atoms with Crippen molar-refractivity contribution in [1.82, 2.24) is 10.9 Å². The molecule has 8 nitrogen and oxygen atoms in total. The van der Waals surface area contributed by atoms with Crippen LogP contribution in [0.5, 0.6) is 17.2 Å². The summed E-state index contributed by atoms with van der Waals surface area (Å²) in [7, 11) is 3.06. The molecule has 3 aromatic rings. The highest BCUT2D eigenvalue weighted by molar-refractivity contribution is 6.01. The second-order valence-electron chi connectivity index (χ2n) is 6.86. The number of ether oxygens (including phenoxy) is 3. The third kappa shape index (κ3) is 4.32. The van der Waals surface area contributed by atoms with E-state index in [2.05, 4.69) is 10.9 Å². The fraction of sp³-hybridized carbons (Fsp3) is 0.273. The minimum Gasteiger partial charge on any atom is -0.497 e. The van der Waals surface area contributed by atoms with Gasteiger partial charge in [0.05, 0.1) is 20.3 Å². The number of benzene rings is 2. The first-order valence-electron chi connectivity index (χ1n) is 9.36. The van der Waals surface area contributed by atoms with Crippen molar-refractivity contribution in [3.05, 3.63) is 53.3 Å². The molecule has 0 atom stereocenters. The van der Waals surface area contributed by atoms with Gasteiger partial charge in [-0.25, -0.2) is 0 Å². The lowest BCUT2D eigenvalue weighted by Gasteiger charge is -2.14. The van der Waals surface area contributed by atoms with Gasteiger partial charge in [0, 0.05) is 16.5 Å². The highest BCUT2D eigenvalue weighted by Gasteiger charge is 2.19. The van der Waals surface area contributed by atoms with Crippen molar-refractivity contribution >= 4 is 22.8 Å². The number of furan rings is 1. The highest BCUT2D eigenvalue weighted by Crippen LogP contribution is 2.30. The first kappa shape index (κ1) is 21.0. The zero-order valence-corrected chi connectivity index (χ0v) is 17.5. The molecule has 158 valence electrons. The summed E-state index contributed by atoms with van der Waals surface area (Å²) in [6, 6.07) is 10.0. The average Bonchev–Trinajstić information content (AvgIpc) is 3.07. The molecule has 0 saturated carbocycles. The molecular weight excluding hydrogens is 388 g/mol. The van der Waals surface area contributed by atoms with Gasteiger partial charge in [-0.2, -0.15) is 0 Å². The van der Waals surface area contributed by atoms with Gasteiger partial charge in [-0.05, 0) is 57.2 Å². The van der Waals surface area contributed by atoms with E-state index < -0.39 is 11.8 Å². The number of hydrogen-bond acceptors (Lipinski definition) is 6. The summed E-state index contributed by atoms with van der Waals surface area (Å²) in [6.07, 6.45) is -0.0371. The minimum absolute atomic E-state index is 0.0371. The molecule has 2 N–H and O–H groups in total. The molecule has 2 amide bonds. The number of fused-ring (bicyclic) bond motifs is 1. The van der Waals surface area contributed by atoms with Crippen LogP contribution in [0.15, 0.2) is 40.8 Å². The maximum Gasteiger partial charge on any atom is 0.305 e. The van der Waals surface area contributed by atoms with Gasteiger partial charge < -0.3 is 18.6 Å². The van der Waals surface area contributed by atoms with E-state index in [0.717, 1.165) is 5.39 Å². The lowest BCUT2D eigenvalue weighted by atomic mass is 10.1. The number of nitrogens with one attached hydrogen (secondary N) is 2. The summed E-state index contributed by atoms with van der Waals surface area (Å²) in [5, 5.41) is 0.760. The van der Waals surface area contributed by atoms with Gasteiger partial charge in [-0.1, -0.05) is 0 Å². The third-order valence-corrected chi connectivity index (χ3v) is 4.43. The standard InChI is InChI=1S/C22H24N2O6/c1-12(2)29-18-8-6-14(10-19(18)28-5)21(25)23-24-22(26)20-13(3)16-11-15(27-4)7-9-17(16)30-20/h6-12H,1-5H3,(H,23,25)(H,24,26). The molecule has 0 spiro atoms. The molecule has 8 heteroatoms. The van der Waals surface area contributed by atoms with E-state index in [1.807, 2.05) is 13.8 Å². The van der Waals surface area contributed by atoms with Crippen molar-refractivity contribution < 1.29 is 28.2 Å². The van der Waals surface area contributed by atoms with Crippen LogP contribution in [0.4, 0.5) is 0 Å². The number of carbonyl (C=O) groups excluding carboxylic acids is 2. The molecule has 0 unspecified atom stereocenters. The van der Waals surface area contributed by atoms with Crippen molar-refractivity contribution in [1.29, 1.82) is 0 Å². The Morgan fingerprint density at radius 1 is 0.933 bits per heavy atom. The van der Waals surface area contributed by atoms with Crippen LogP contribution in [0, 0.1) is 6.92 Å². The van der Waals surface area contributed by atoms with Crippen molar-refractivity contribution in [2.75, 3.05) is 14.2 Å². The van der Waals surface area contributed by atoms with Crippen molar-refractivity contribution in [2.45, 2.75) is 26.9 Å². The normalized spacial score (nSPS) is 10.7. The van der Waals surface area contributed by atoms with Gasteiger partial charge in [-0.3, -0.25) is 20.4 Å². The fourth-order valence-corrected chi connectivity index (χ4v) is 2.95.